The van der Waals surface area contributed by atoms with E-state index in [1.165, 1.54) is 17.8 Å². The fraction of sp³-hybridized carbons (Fsp3) is 0.550. The Morgan fingerprint density at radius 3 is 2.59 bits per heavy atom. The molecule has 1 saturated carbocycles. The van der Waals surface area contributed by atoms with E-state index in [2.05, 4.69) is 20.7 Å². The van der Waals surface area contributed by atoms with Crippen LogP contribution in [0, 0.1) is 5.92 Å². The van der Waals surface area contributed by atoms with Gasteiger partial charge in [-0.25, -0.2) is 9.50 Å². The molecule has 29 heavy (non-hydrogen) atoms. The lowest BCUT2D eigenvalue weighted by molar-refractivity contribution is -0.135. The van der Waals surface area contributed by atoms with Gasteiger partial charge in [-0.2, -0.15) is 5.10 Å². The van der Waals surface area contributed by atoms with Gasteiger partial charge in [-0.15, -0.1) is 0 Å². The number of aromatic nitrogens is 3. The van der Waals surface area contributed by atoms with E-state index in [0.29, 0.717) is 24.4 Å². The van der Waals surface area contributed by atoms with Crippen LogP contribution < -0.4 is 10.6 Å². The summed E-state index contributed by atoms with van der Waals surface area (Å²) >= 11 is 0. The van der Waals surface area contributed by atoms with Gasteiger partial charge in [0.05, 0.1) is 0 Å². The maximum atomic E-state index is 12.8. The van der Waals surface area contributed by atoms with Crippen LogP contribution >= 0.6 is 0 Å². The predicted octanol–water partition coefficient (Wildman–Crippen LogP) is 0.755. The quantitative estimate of drug-likeness (QED) is 0.790. The van der Waals surface area contributed by atoms with Crippen LogP contribution in [0.4, 0.5) is 0 Å². The van der Waals surface area contributed by atoms with E-state index >= 15 is 0 Å². The van der Waals surface area contributed by atoms with Gasteiger partial charge in [-0.05, 0) is 44.2 Å². The molecule has 9 heteroatoms. The third kappa shape index (κ3) is 4.23. The van der Waals surface area contributed by atoms with Crippen molar-refractivity contribution in [3.8, 4) is 0 Å². The van der Waals surface area contributed by atoms with Crippen molar-refractivity contribution in [2.75, 3.05) is 13.1 Å². The molecular formula is C20H26N6O3. The summed E-state index contributed by atoms with van der Waals surface area (Å²) in [5, 5.41) is 10.1. The van der Waals surface area contributed by atoms with E-state index in [0.717, 1.165) is 32.1 Å². The number of carbonyl (C=O) groups excluding carboxylic acids is 3. The lowest BCUT2D eigenvalue weighted by Gasteiger charge is -2.31. The molecule has 0 spiro atoms. The van der Waals surface area contributed by atoms with E-state index in [9.17, 15) is 14.4 Å². The van der Waals surface area contributed by atoms with Gasteiger partial charge in [-0.3, -0.25) is 14.4 Å². The molecule has 0 bridgehead atoms. The van der Waals surface area contributed by atoms with Crippen molar-refractivity contribution in [1.82, 2.24) is 30.1 Å². The normalized spacial score (nSPS) is 24.4. The van der Waals surface area contributed by atoms with Crippen LogP contribution in [0.2, 0.25) is 0 Å². The summed E-state index contributed by atoms with van der Waals surface area (Å²) in [5.41, 5.74) is 1.09. The van der Waals surface area contributed by atoms with Crippen LogP contribution in [0.3, 0.4) is 0 Å². The summed E-state index contributed by atoms with van der Waals surface area (Å²) in [6.07, 6.45) is 5.32. The number of hydrogen-bond acceptors (Lipinski definition) is 5. The topological polar surface area (TPSA) is 109 Å². The van der Waals surface area contributed by atoms with Crippen molar-refractivity contribution >= 4 is 23.4 Å². The van der Waals surface area contributed by atoms with Crippen LogP contribution in [0.15, 0.2) is 24.5 Å². The van der Waals surface area contributed by atoms with Crippen LogP contribution in [0.1, 0.15) is 49.5 Å². The molecule has 154 valence electrons. The summed E-state index contributed by atoms with van der Waals surface area (Å²) < 4.78 is 1.53. The van der Waals surface area contributed by atoms with Gasteiger partial charge in [0.25, 0.3) is 5.91 Å². The maximum absolute atomic E-state index is 12.8. The van der Waals surface area contributed by atoms with Crippen molar-refractivity contribution in [3.63, 3.8) is 0 Å². The SMILES string of the molecule is CC(=O)NC1CCN(C(=O)C2CCC(NC(=O)c3cccc4ncnn34)CC2)C1. The lowest BCUT2D eigenvalue weighted by Crippen LogP contribution is -2.43. The molecule has 0 radical (unpaired) electrons. The fourth-order valence-corrected chi connectivity index (χ4v) is 4.39. The third-order valence-electron chi connectivity index (χ3n) is 5.85. The number of nitrogens with zero attached hydrogens (tertiary/aromatic N) is 4. The number of amides is 3. The van der Waals surface area contributed by atoms with E-state index in [-0.39, 0.29) is 35.7 Å². The molecule has 1 atom stereocenters. The molecular weight excluding hydrogens is 372 g/mol. The summed E-state index contributed by atoms with van der Waals surface area (Å²) in [5.74, 6) is -0.0521. The zero-order chi connectivity index (χ0) is 20.4. The molecule has 3 heterocycles. The number of pyridine rings is 1. The molecule has 4 rings (SSSR count). The number of carbonyl (C=O) groups is 3. The second kappa shape index (κ2) is 8.18. The molecule has 1 aliphatic carbocycles. The number of hydrogen-bond donors (Lipinski definition) is 2. The van der Waals surface area contributed by atoms with Gasteiger partial charge < -0.3 is 15.5 Å². The van der Waals surface area contributed by atoms with Crippen molar-refractivity contribution in [1.29, 1.82) is 0 Å². The Hall–Kier alpha value is -2.97. The average molecular weight is 398 g/mol. The highest BCUT2D eigenvalue weighted by atomic mass is 16.2. The molecule has 0 aromatic carbocycles. The minimum absolute atomic E-state index is 0.00187. The van der Waals surface area contributed by atoms with Crippen molar-refractivity contribution in [2.45, 2.75) is 51.1 Å². The Morgan fingerprint density at radius 1 is 1.03 bits per heavy atom. The first-order valence-corrected chi connectivity index (χ1v) is 10.2. The number of fused-ring (bicyclic) bond motifs is 1. The first-order chi connectivity index (χ1) is 14.0. The highest BCUT2D eigenvalue weighted by molar-refractivity contribution is 5.93. The van der Waals surface area contributed by atoms with Crippen molar-refractivity contribution < 1.29 is 14.4 Å². The molecule has 2 fully saturated rings. The molecule has 2 aromatic heterocycles. The predicted molar refractivity (Wildman–Crippen MR) is 105 cm³/mol. The second-order valence-electron chi connectivity index (χ2n) is 7.93. The first-order valence-electron chi connectivity index (χ1n) is 10.2. The molecule has 2 aromatic rings. The Morgan fingerprint density at radius 2 is 1.83 bits per heavy atom. The first kappa shape index (κ1) is 19.4. The monoisotopic (exact) mass is 398 g/mol. The van der Waals surface area contributed by atoms with Gasteiger partial charge in [0.2, 0.25) is 11.8 Å². The van der Waals surface area contributed by atoms with Gasteiger partial charge in [0.1, 0.15) is 12.0 Å². The maximum Gasteiger partial charge on any atom is 0.270 e. The molecule has 1 aliphatic heterocycles. The lowest BCUT2D eigenvalue weighted by atomic mass is 9.85. The highest BCUT2D eigenvalue weighted by Gasteiger charge is 2.34. The smallest absolute Gasteiger partial charge is 0.270 e. The zero-order valence-corrected chi connectivity index (χ0v) is 16.5. The molecule has 3 amide bonds. The van der Waals surface area contributed by atoms with Crippen LogP contribution in [-0.4, -0.2) is 62.4 Å². The second-order valence-corrected chi connectivity index (χ2v) is 7.93. The zero-order valence-electron chi connectivity index (χ0n) is 16.5. The summed E-state index contributed by atoms with van der Waals surface area (Å²) in [6, 6.07) is 5.43. The van der Waals surface area contributed by atoms with Crippen LogP contribution in [0.5, 0.6) is 0 Å². The molecule has 2 N–H and O–H groups in total. The number of rotatable bonds is 4. The Bertz CT molecular complexity index is 918. The largest absolute Gasteiger partial charge is 0.352 e. The van der Waals surface area contributed by atoms with Gasteiger partial charge >= 0.3 is 0 Å². The fourth-order valence-electron chi connectivity index (χ4n) is 4.39. The Labute approximate surface area is 168 Å². The standard InChI is InChI=1S/C20H26N6O3/c1-13(27)23-16-9-10-25(11-16)20(29)14-5-7-15(8-6-14)24-19(28)17-3-2-4-18-21-12-22-26(17)18/h2-4,12,14-16H,5-11H2,1H3,(H,23,27)(H,24,28). The van der Waals surface area contributed by atoms with Crippen molar-refractivity contribution in [3.05, 3.63) is 30.2 Å². The number of nitrogens with one attached hydrogen (secondary N) is 2. The van der Waals surface area contributed by atoms with Gasteiger partial charge in [0, 0.05) is 38.0 Å². The molecule has 2 aliphatic rings. The van der Waals surface area contributed by atoms with E-state index in [1.807, 2.05) is 4.90 Å². The average Bonchev–Trinajstić information content (AvgIpc) is 3.36. The van der Waals surface area contributed by atoms with E-state index in [4.69, 9.17) is 0 Å². The van der Waals surface area contributed by atoms with E-state index < -0.39 is 0 Å². The molecule has 1 saturated heterocycles. The summed E-state index contributed by atoms with van der Waals surface area (Å²) in [4.78, 5) is 42.6. The minimum atomic E-state index is -0.173. The minimum Gasteiger partial charge on any atom is -0.352 e. The van der Waals surface area contributed by atoms with Gasteiger partial charge in [-0.1, -0.05) is 6.07 Å². The number of likely N-dealkylation sites (tertiary alicyclic amines) is 1. The van der Waals surface area contributed by atoms with Crippen LogP contribution in [-0.2, 0) is 9.59 Å². The summed E-state index contributed by atoms with van der Waals surface area (Å²) in [7, 11) is 0. The van der Waals surface area contributed by atoms with E-state index in [1.54, 1.807) is 18.2 Å². The Kier molecular flexibility index (Phi) is 5.46. The summed E-state index contributed by atoms with van der Waals surface area (Å²) in [6.45, 7) is 2.79. The van der Waals surface area contributed by atoms with Crippen LogP contribution in [0.25, 0.3) is 5.65 Å². The molecule has 1 unspecified atom stereocenters. The highest BCUT2D eigenvalue weighted by Crippen LogP contribution is 2.27. The van der Waals surface area contributed by atoms with Crippen molar-refractivity contribution in [2.24, 2.45) is 5.92 Å². The Balaban J connectivity index is 1.28. The van der Waals surface area contributed by atoms with Gasteiger partial charge in [0.15, 0.2) is 5.65 Å². The third-order valence-corrected chi connectivity index (χ3v) is 5.85. The molecule has 9 nitrogen and oxygen atoms in total.